The summed E-state index contributed by atoms with van der Waals surface area (Å²) in [4.78, 5) is 15.0. The molecule has 2 heterocycles. The van der Waals surface area contributed by atoms with Crippen molar-refractivity contribution in [3.63, 3.8) is 0 Å². The Labute approximate surface area is 164 Å². The van der Waals surface area contributed by atoms with E-state index in [9.17, 15) is 4.79 Å². The van der Waals surface area contributed by atoms with Gasteiger partial charge in [0.2, 0.25) is 0 Å². The number of methoxy groups -OCH3 is 1. The summed E-state index contributed by atoms with van der Waals surface area (Å²) in [6, 6.07) is 14.6. The topological polar surface area (TPSA) is 54.7 Å². The molecule has 2 aromatic carbocycles. The van der Waals surface area contributed by atoms with Gasteiger partial charge in [-0.05, 0) is 62.2 Å². The van der Waals surface area contributed by atoms with Crippen LogP contribution in [-0.2, 0) is 0 Å². The maximum absolute atomic E-state index is 12.7. The minimum Gasteiger partial charge on any atom is -0.496 e. The second kappa shape index (κ2) is 7.32. The van der Waals surface area contributed by atoms with Gasteiger partial charge in [0.05, 0.1) is 12.7 Å². The summed E-state index contributed by atoms with van der Waals surface area (Å²) in [5.41, 5.74) is 3.77. The third-order valence-electron chi connectivity index (χ3n) is 5.35. The average molecular weight is 378 g/mol. The van der Waals surface area contributed by atoms with Crippen LogP contribution in [0.1, 0.15) is 19.4 Å². The van der Waals surface area contributed by atoms with Crippen LogP contribution in [0, 0.1) is 6.92 Å². The van der Waals surface area contributed by atoms with E-state index in [0.717, 1.165) is 41.0 Å². The highest BCUT2D eigenvalue weighted by Gasteiger charge is 2.21. The zero-order chi connectivity index (χ0) is 19.8. The van der Waals surface area contributed by atoms with Crippen molar-refractivity contribution in [1.29, 1.82) is 0 Å². The van der Waals surface area contributed by atoms with Gasteiger partial charge >= 0.3 is 5.63 Å². The van der Waals surface area contributed by atoms with Crippen LogP contribution < -0.4 is 20.6 Å². The Balaban J connectivity index is 1.72. The second-order valence-corrected chi connectivity index (χ2v) is 7.73. The summed E-state index contributed by atoms with van der Waals surface area (Å²) in [5, 5.41) is 4.46. The molecule has 1 aromatic heterocycles. The largest absolute Gasteiger partial charge is 0.496 e. The number of rotatable bonds is 3. The monoisotopic (exact) mass is 378 g/mol. The number of fused-ring (bicyclic) bond motifs is 1. The van der Waals surface area contributed by atoms with Gasteiger partial charge in [0.1, 0.15) is 11.3 Å². The first-order valence-electron chi connectivity index (χ1n) is 9.68. The number of nitrogens with zero attached hydrogens (tertiary/aromatic N) is 1. The molecule has 1 N–H and O–H groups in total. The van der Waals surface area contributed by atoms with Crippen LogP contribution in [-0.4, -0.2) is 32.3 Å². The molecule has 0 aliphatic carbocycles. The van der Waals surface area contributed by atoms with Crippen LogP contribution in [0.25, 0.3) is 22.1 Å². The van der Waals surface area contributed by atoms with Gasteiger partial charge in [-0.25, -0.2) is 4.79 Å². The van der Waals surface area contributed by atoms with Crippen molar-refractivity contribution in [3.05, 3.63) is 58.4 Å². The first-order chi connectivity index (χ1) is 13.4. The number of hydrogen-bond donors (Lipinski definition) is 1. The zero-order valence-corrected chi connectivity index (χ0v) is 16.8. The molecule has 0 radical (unpaired) electrons. The Hall–Kier alpha value is -2.79. The number of hydrogen-bond acceptors (Lipinski definition) is 5. The highest BCUT2D eigenvalue weighted by atomic mass is 16.5. The van der Waals surface area contributed by atoms with E-state index in [1.165, 1.54) is 0 Å². The van der Waals surface area contributed by atoms with Crippen LogP contribution in [0.4, 0.5) is 5.69 Å². The van der Waals surface area contributed by atoms with Crippen molar-refractivity contribution in [3.8, 4) is 16.9 Å². The highest BCUT2D eigenvalue weighted by Crippen LogP contribution is 2.28. The predicted octanol–water partition coefficient (Wildman–Crippen LogP) is 3.96. The summed E-state index contributed by atoms with van der Waals surface area (Å²) in [7, 11) is 1.64. The van der Waals surface area contributed by atoms with Gasteiger partial charge in [0.25, 0.3) is 0 Å². The lowest BCUT2D eigenvalue weighted by Crippen LogP contribution is -2.54. The highest BCUT2D eigenvalue weighted by molar-refractivity contribution is 5.84. The minimum atomic E-state index is -0.323. The van der Waals surface area contributed by atoms with E-state index in [0.29, 0.717) is 23.2 Å². The number of nitrogens with one attached hydrogen (secondary N) is 1. The number of piperazine rings is 1. The Morgan fingerprint density at radius 3 is 2.50 bits per heavy atom. The van der Waals surface area contributed by atoms with Crippen LogP contribution in [0.15, 0.2) is 51.7 Å². The molecule has 1 aliphatic rings. The van der Waals surface area contributed by atoms with Gasteiger partial charge in [-0.2, -0.15) is 0 Å². The zero-order valence-electron chi connectivity index (χ0n) is 16.8. The Morgan fingerprint density at radius 1 is 1.07 bits per heavy atom. The molecular formula is C23H26N2O3. The number of anilines is 1. The quantitative estimate of drug-likeness (QED) is 0.699. The SMILES string of the molecule is COc1ccc(-c2cc3ccc(N4CC(C)NC(C)C4)cc3oc2=O)cc1C. The normalized spacial score (nSPS) is 19.8. The van der Waals surface area contributed by atoms with Gasteiger partial charge in [0.15, 0.2) is 0 Å². The van der Waals surface area contributed by atoms with E-state index in [1.54, 1.807) is 7.11 Å². The fourth-order valence-corrected chi connectivity index (χ4v) is 4.08. The van der Waals surface area contributed by atoms with E-state index in [-0.39, 0.29) is 5.63 Å². The maximum atomic E-state index is 12.7. The number of benzene rings is 2. The molecule has 28 heavy (non-hydrogen) atoms. The van der Waals surface area contributed by atoms with Crippen LogP contribution >= 0.6 is 0 Å². The number of ether oxygens (including phenoxy) is 1. The van der Waals surface area contributed by atoms with E-state index in [1.807, 2.05) is 43.3 Å². The molecule has 5 heteroatoms. The smallest absolute Gasteiger partial charge is 0.344 e. The first kappa shape index (κ1) is 18.6. The third-order valence-corrected chi connectivity index (χ3v) is 5.35. The predicted molar refractivity (Wildman–Crippen MR) is 113 cm³/mol. The minimum absolute atomic E-state index is 0.323. The fraction of sp³-hybridized carbons (Fsp3) is 0.348. The van der Waals surface area contributed by atoms with Gasteiger partial charge in [-0.1, -0.05) is 6.07 Å². The fourth-order valence-electron chi connectivity index (χ4n) is 4.08. The van der Waals surface area contributed by atoms with Gasteiger partial charge in [-0.15, -0.1) is 0 Å². The van der Waals surface area contributed by atoms with Crippen molar-refractivity contribution in [2.75, 3.05) is 25.1 Å². The van der Waals surface area contributed by atoms with Crippen molar-refractivity contribution in [2.45, 2.75) is 32.9 Å². The Kier molecular flexibility index (Phi) is 4.85. The maximum Gasteiger partial charge on any atom is 0.344 e. The lowest BCUT2D eigenvalue weighted by atomic mass is 10.0. The van der Waals surface area contributed by atoms with Crippen molar-refractivity contribution < 1.29 is 9.15 Å². The molecule has 0 spiro atoms. The molecule has 4 rings (SSSR count). The molecular weight excluding hydrogens is 352 g/mol. The average Bonchev–Trinajstić information content (AvgIpc) is 2.66. The Bertz CT molecular complexity index is 1060. The van der Waals surface area contributed by atoms with E-state index >= 15 is 0 Å². The van der Waals surface area contributed by atoms with E-state index in [4.69, 9.17) is 9.15 Å². The summed E-state index contributed by atoms with van der Waals surface area (Å²) in [6.07, 6.45) is 0. The molecule has 1 saturated heterocycles. The van der Waals surface area contributed by atoms with Crippen molar-refractivity contribution in [1.82, 2.24) is 5.32 Å². The lowest BCUT2D eigenvalue weighted by Gasteiger charge is -2.37. The van der Waals surface area contributed by atoms with Crippen LogP contribution in [0.2, 0.25) is 0 Å². The molecule has 0 amide bonds. The molecule has 2 atom stereocenters. The molecule has 3 aromatic rings. The molecule has 0 saturated carbocycles. The van der Waals surface area contributed by atoms with Crippen LogP contribution in [0.3, 0.4) is 0 Å². The second-order valence-electron chi connectivity index (χ2n) is 7.73. The van der Waals surface area contributed by atoms with Crippen LogP contribution in [0.5, 0.6) is 5.75 Å². The van der Waals surface area contributed by atoms with E-state index in [2.05, 4.69) is 30.1 Å². The van der Waals surface area contributed by atoms with Crippen molar-refractivity contribution in [2.24, 2.45) is 0 Å². The van der Waals surface area contributed by atoms with Gasteiger partial charge in [-0.3, -0.25) is 0 Å². The molecule has 0 bridgehead atoms. The lowest BCUT2D eigenvalue weighted by molar-refractivity contribution is 0.407. The molecule has 1 aliphatic heterocycles. The van der Waals surface area contributed by atoms with Crippen molar-refractivity contribution >= 4 is 16.7 Å². The van der Waals surface area contributed by atoms with E-state index < -0.39 is 0 Å². The van der Waals surface area contributed by atoms with Gasteiger partial charge in [0, 0.05) is 42.3 Å². The molecule has 146 valence electrons. The molecule has 1 fully saturated rings. The Morgan fingerprint density at radius 2 is 1.82 bits per heavy atom. The third kappa shape index (κ3) is 3.50. The first-order valence-corrected chi connectivity index (χ1v) is 9.68. The molecule has 2 unspecified atom stereocenters. The standard InChI is InChI=1S/C23H26N2O3/c1-14-9-17(6-8-21(14)27-4)20-10-18-5-7-19(11-22(18)28-23(20)26)25-12-15(2)24-16(3)13-25/h5-11,15-16,24H,12-13H2,1-4H3. The van der Waals surface area contributed by atoms with Gasteiger partial charge < -0.3 is 19.4 Å². The molecule has 5 nitrogen and oxygen atoms in total. The number of aryl methyl sites for hydroxylation is 1. The summed E-state index contributed by atoms with van der Waals surface area (Å²) in [6.45, 7) is 8.21. The summed E-state index contributed by atoms with van der Waals surface area (Å²) in [5.74, 6) is 0.804. The summed E-state index contributed by atoms with van der Waals surface area (Å²) < 4.78 is 11.0. The summed E-state index contributed by atoms with van der Waals surface area (Å²) >= 11 is 0.